The number of aryl methyl sites for hydroxylation is 2. The van der Waals surface area contributed by atoms with Crippen molar-refractivity contribution in [2.24, 2.45) is 0 Å². The summed E-state index contributed by atoms with van der Waals surface area (Å²) >= 11 is 12.0. The largest absolute Gasteiger partial charge is 0.237 e. The summed E-state index contributed by atoms with van der Waals surface area (Å²) in [6, 6.07) is 7.90. The molecule has 0 spiro atoms. The van der Waals surface area contributed by atoms with E-state index in [1.807, 2.05) is 22.9 Å². The van der Waals surface area contributed by atoms with Crippen LogP contribution in [0.15, 0.2) is 24.3 Å². The van der Waals surface area contributed by atoms with Crippen molar-refractivity contribution < 1.29 is 0 Å². The molecule has 1 aromatic heterocycles. The molecule has 1 aromatic carbocycles. The van der Waals surface area contributed by atoms with Gasteiger partial charge in [-0.1, -0.05) is 25.4 Å². The van der Waals surface area contributed by atoms with Crippen LogP contribution in [0.4, 0.5) is 0 Å². The Balaban J connectivity index is 2.56. The lowest BCUT2D eigenvalue weighted by molar-refractivity contribution is 0.788. The third kappa shape index (κ3) is 2.55. The minimum Gasteiger partial charge on any atom is -0.237 e. The number of nitrogens with zero attached hydrogens (tertiary/aromatic N) is 2. The number of hydrogen-bond acceptors (Lipinski definition) is 1. The number of halogens is 2. The van der Waals surface area contributed by atoms with Gasteiger partial charge < -0.3 is 0 Å². The number of rotatable bonds is 4. The van der Waals surface area contributed by atoms with Gasteiger partial charge in [0.15, 0.2) is 0 Å². The summed E-state index contributed by atoms with van der Waals surface area (Å²) in [4.78, 5) is 0. The fourth-order valence-electron chi connectivity index (χ4n) is 1.98. The van der Waals surface area contributed by atoms with Crippen LogP contribution in [-0.4, -0.2) is 9.78 Å². The van der Waals surface area contributed by atoms with Crippen LogP contribution in [-0.2, 0) is 18.7 Å². The molecule has 0 fully saturated rings. The molecule has 0 atom stereocenters. The lowest BCUT2D eigenvalue weighted by Crippen LogP contribution is -2.04. The standard InChI is InChI=1S/C14H16Cl2N2/c1-3-12-8-13(4-2)18(17-12)14-6-5-11(16)7-10(14)9-15/h5-8H,3-4,9H2,1-2H3. The van der Waals surface area contributed by atoms with E-state index < -0.39 is 0 Å². The van der Waals surface area contributed by atoms with Gasteiger partial charge in [0.2, 0.25) is 0 Å². The van der Waals surface area contributed by atoms with Crippen molar-refractivity contribution in [2.45, 2.75) is 32.6 Å². The molecule has 2 nitrogen and oxygen atoms in total. The molecule has 0 amide bonds. The SMILES string of the molecule is CCc1cc(CC)n(-c2ccc(Cl)cc2CCl)n1. The second-order valence-electron chi connectivity index (χ2n) is 4.15. The van der Waals surface area contributed by atoms with Crippen molar-refractivity contribution in [2.75, 3.05) is 0 Å². The molecule has 1 heterocycles. The van der Waals surface area contributed by atoms with E-state index in [4.69, 9.17) is 23.2 Å². The molecule has 0 saturated heterocycles. The maximum atomic E-state index is 6.00. The van der Waals surface area contributed by atoms with Crippen molar-refractivity contribution in [3.05, 3.63) is 46.2 Å². The second kappa shape index (κ2) is 5.77. The first-order chi connectivity index (χ1) is 8.69. The number of hydrogen-bond donors (Lipinski definition) is 0. The van der Waals surface area contributed by atoms with Gasteiger partial charge in [-0.15, -0.1) is 11.6 Å². The Morgan fingerprint density at radius 2 is 1.94 bits per heavy atom. The first kappa shape index (κ1) is 13.4. The predicted octanol–water partition coefficient (Wildman–Crippen LogP) is 4.39. The van der Waals surface area contributed by atoms with Gasteiger partial charge in [0.05, 0.1) is 11.4 Å². The van der Waals surface area contributed by atoms with Crippen molar-refractivity contribution in [1.29, 1.82) is 0 Å². The third-order valence-corrected chi connectivity index (χ3v) is 3.49. The highest BCUT2D eigenvalue weighted by Crippen LogP contribution is 2.23. The molecule has 0 aliphatic carbocycles. The Kier molecular flexibility index (Phi) is 4.31. The molecule has 0 saturated carbocycles. The van der Waals surface area contributed by atoms with Crippen LogP contribution in [0.2, 0.25) is 5.02 Å². The van der Waals surface area contributed by atoms with Gasteiger partial charge in [-0.2, -0.15) is 5.10 Å². The molecular formula is C14H16Cl2N2. The molecule has 0 N–H and O–H groups in total. The van der Waals surface area contributed by atoms with Crippen molar-refractivity contribution >= 4 is 23.2 Å². The van der Waals surface area contributed by atoms with Crippen LogP contribution in [0, 0.1) is 0 Å². The highest BCUT2D eigenvalue weighted by Gasteiger charge is 2.11. The van der Waals surface area contributed by atoms with Gasteiger partial charge in [0.25, 0.3) is 0 Å². The highest BCUT2D eigenvalue weighted by atomic mass is 35.5. The molecule has 0 radical (unpaired) electrons. The third-order valence-electron chi connectivity index (χ3n) is 2.97. The molecule has 0 bridgehead atoms. The average Bonchev–Trinajstić information content (AvgIpc) is 2.81. The predicted molar refractivity (Wildman–Crippen MR) is 76.9 cm³/mol. The zero-order valence-corrected chi connectivity index (χ0v) is 12.1. The van der Waals surface area contributed by atoms with E-state index in [1.54, 1.807) is 0 Å². The van der Waals surface area contributed by atoms with Crippen molar-refractivity contribution in [3.63, 3.8) is 0 Å². The van der Waals surface area contributed by atoms with Gasteiger partial charge in [-0.25, -0.2) is 4.68 Å². The summed E-state index contributed by atoms with van der Waals surface area (Å²) in [7, 11) is 0. The van der Waals surface area contributed by atoms with Crippen LogP contribution in [0.3, 0.4) is 0 Å². The van der Waals surface area contributed by atoms with Gasteiger partial charge in [-0.05, 0) is 42.7 Å². The summed E-state index contributed by atoms with van der Waals surface area (Å²) in [5, 5.41) is 5.33. The topological polar surface area (TPSA) is 17.8 Å². The lowest BCUT2D eigenvalue weighted by atomic mass is 10.2. The van der Waals surface area contributed by atoms with Crippen molar-refractivity contribution in [1.82, 2.24) is 9.78 Å². The van der Waals surface area contributed by atoms with Crippen LogP contribution < -0.4 is 0 Å². The van der Waals surface area contributed by atoms with Crippen LogP contribution >= 0.6 is 23.2 Å². The molecule has 0 aliphatic rings. The molecular weight excluding hydrogens is 267 g/mol. The highest BCUT2D eigenvalue weighted by molar-refractivity contribution is 6.30. The first-order valence-corrected chi connectivity index (χ1v) is 7.03. The second-order valence-corrected chi connectivity index (χ2v) is 4.86. The lowest BCUT2D eigenvalue weighted by Gasteiger charge is -2.10. The smallest absolute Gasteiger partial charge is 0.0694 e. The molecule has 0 aliphatic heterocycles. The monoisotopic (exact) mass is 282 g/mol. The Morgan fingerprint density at radius 1 is 1.17 bits per heavy atom. The van der Waals surface area contributed by atoms with Crippen molar-refractivity contribution in [3.8, 4) is 5.69 Å². The van der Waals surface area contributed by atoms with E-state index in [0.29, 0.717) is 10.9 Å². The summed E-state index contributed by atoms with van der Waals surface area (Å²) in [5.74, 6) is 0.431. The molecule has 4 heteroatoms. The summed E-state index contributed by atoms with van der Waals surface area (Å²) in [5.41, 5.74) is 4.32. The summed E-state index contributed by atoms with van der Waals surface area (Å²) < 4.78 is 1.98. The van der Waals surface area contributed by atoms with Crippen LogP contribution in [0.25, 0.3) is 5.69 Å². The Morgan fingerprint density at radius 3 is 2.56 bits per heavy atom. The zero-order chi connectivity index (χ0) is 13.1. The van der Waals surface area contributed by atoms with Crippen LogP contribution in [0.1, 0.15) is 30.8 Å². The van der Waals surface area contributed by atoms with E-state index >= 15 is 0 Å². The van der Waals surface area contributed by atoms with E-state index in [2.05, 4.69) is 25.0 Å². The average molecular weight is 283 g/mol. The van der Waals surface area contributed by atoms with E-state index in [0.717, 1.165) is 29.8 Å². The first-order valence-electron chi connectivity index (χ1n) is 6.12. The molecule has 2 aromatic rings. The number of alkyl halides is 1. The Labute approximate surface area is 118 Å². The number of benzene rings is 1. The minimum atomic E-state index is 0.431. The summed E-state index contributed by atoms with van der Waals surface area (Å²) in [6.07, 6.45) is 1.88. The summed E-state index contributed by atoms with van der Waals surface area (Å²) in [6.45, 7) is 4.24. The minimum absolute atomic E-state index is 0.431. The quantitative estimate of drug-likeness (QED) is 0.761. The van der Waals surface area contributed by atoms with Gasteiger partial charge in [0, 0.05) is 16.6 Å². The van der Waals surface area contributed by atoms with E-state index in [1.165, 1.54) is 5.69 Å². The fraction of sp³-hybridized carbons (Fsp3) is 0.357. The maximum absolute atomic E-state index is 6.00. The van der Waals surface area contributed by atoms with E-state index in [9.17, 15) is 0 Å². The Bertz CT molecular complexity index is 547. The van der Waals surface area contributed by atoms with Gasteiger partial charge >= 0.3 is 0 Å². The zero-order valence-electron chi connectivity index (χ0n) is 10.6. The van der Waals surface area contributed by atoms with E-state index in [-0.39, 0.29) is 0 Å². The molecule has 96 valence electrons. The number of aromatic nitrogens is 2. The van der Waals surface area contributed by atoms with Gasteiger partial charge in [0.1, 0.15) is 0 Å². The van der Waals surface area contributed by atoms with Crippen LogP contribution in [0.5, 0.6) is 0 Å². The Hall–Kier alpha value is -0.990. The normalized spacial score (nSPS) is 10.9. The molecule has 0 unspecified atom stereocenters. The van der Waals surface area contributed by atoms with Gasteiger partial charge in [-0.3, -0.25) is 0 Å². The maximum Gasteiger partial charge on any atom is 0.0694 e. The fourth-order valence-corrected chi connectivity index (χ4v) is 2.38. The molecule has 18 heavy (non-hydrogen) atoms. The molecule has 2 rings (SSSR count).